The van der Waals surface area contributed by atoms with Gasteiger partial charge in [0.1, 0.15) is 0 Å². The van der Waals surface area contributed by atoms with Crippen molar-refractivity contribution in [2.45, 2.75) is 11.8 Å². The Labute approximate surface area is 164 Å². The molecule has 0 radical (unpaired) electrons. The van der Waals surface area contributed by atoms with Crippen LogP contribution in [0.15, 0.2) is 47.4 Å². The topological polar surface area (TPSA) is 84.5 Å². The van der Waals surface area contributed by atoms with E-state index in [4.69, 9.17) is 4.74 Å². The summed E-state index contributed by atoms with van der Waals surface area (Å²) in [4.78, 5) is 36.4. The Bertz CT molecular complexity index is 877. The fourth-order valence-electron chi connectivity index (χ4n) is 2.13. The third-order valence-corrected chi connectivity index (χ3v) is 4.35. The molecule has 0 unspecified atom stereocenters. The van der Waals surface area contributed by atoms with Crippen molar-refractivity contribution >= 4 is 35.2 Å². The molecule has 6 nitrogen and oxygen atoms in total. The minimum Gasteiger partial charge on any atom is -0.452 e. The summed E-state index contributed by atoms with van der Waals surface area (Å²) < 4.78 is 30.9. The number of hydrogen-bond donors (Lipinski definition) is 2. The van der Waals surface area contributed by atoms with E-state index >= 15 is 0 Å². The minimum absolute atomic E-state index is 0.0506. The summed E-state index contributed by atoms with van der Waals surface area (Å²) in [7, 11) is 0. The zero-order valence-corrected chi connectivity index (χ0v) is 15.8. The summed E-state index contributed by atoms with van der Waals surface area (Å²) in [5.41, 5.74) is 0.410. The molecule has 148 valence electrons. The van der Waals surface area contributed by atoms with Crippen molar-refractivity contribution in [2.24, 2.45) is 0 Å². The van der Waals surface area contributed by atoms with E-state index in [2.05, 4.69) is 10.6 Å². The van der Waals surface area contributed by atoms with Gasteiger partial charge in [-0.25, -0.2) is 13.6 Å². The molecule has 0 bridgehead atoms. The van der Waals surface area contributed by atoms with Gasteiger partial charge in [-0.2, -0.15) is 0 Å². The minimum atomic E-state index is -1.10. The molecule has 0 aliphatic heterocycles. The first-order valence-corrected chi connectivity index (χ1v) is 9.29. The SMILES string of the molecule is CCSc1ccccc1C(=O)OCC(=O)NCC(=O)Nc1ccc(F)c(F)c1. The number of rotatable bonds is 8. The van der Waals surface area contributed by atoms with Crippen LogP contribution in [0.2, 0.25) is 0 Å². The highest BCUT2D eigenvalue weighted by Crippen LogP contribution is 2.22. The molecule has 0 aromatic heterocycles. The van der Waals surface area contributed by atoms with Crippen molar-refractivity contribution < 1.29 is 27.9 Å². The zero-order chi connectivity index (χ0) is 20.5. The summed E-state index contributed by atoms with van der Waals surface area (Å²) in [6.07, 6.45) is 0. The van der Waals surface area contributed by atoms with E-state index in [0.29, 0.717) is 5.56 Å². The number of anilines is 1. The van der Waals surface area contributed by atoms with E-state index in [1.54, 1.807) is 24.3 Å². The fourth-order valence-corrected chi connectivity index (χ4v) is 2.93. The number of hydrogen-bond acceptors (Lipinski definition) is 5. The molecule has 2 amide bonds. The van der Waals surface area contributed by atoms with Gasteiger partial charge in [-0.3, -0.25) is 9.59 Å². The van der Waals surface area contributed by atoms with Crippen molar-refractivity contribution in [2.75, 3.05) is 24.2 Å². The maximum Gasteiger partial charge on any atom is 0.339 e. The van der Waals surface area contributed by atoms with E-state index in [-0.39, 0.29) is 5.69 Å². The lowest BCUT2D eigenvalue weighted by atomic mass is 10.2. The Morgan fingerprint density at radius 3 is 2.50 bits per heavy atom. The summed E-state index contributed by atoms with van der Waals surface area (Å²) in [6.45, 7) is 0.978. The smallest absolute Gasteiger partial charge is 0.339 e. The zero-order valence-electron chi connectivity index (χ0n) is 15.0. The Balaban J connectivity index is 1.78. The molecule has 0 aliphatic carbocycles. The highest BCUT2D eigenvalue weighted by Gasteiger charge is 2.15. The van der Waals surface area contributed by atoms with Crippen LogP contribution in [0.25, 0.3) is 0 Å². The number of amides is 2. The van der Waals surface area contributed by atoms with Crippen LogP contribution in [-0.4, -0.2) is 36.7 Å². The maximum atomic E-state index is 13.1. The molecule has 0 saturated heterocycles. The molecule has 0 fully saturated rings. The molecule has 0 saturated carbocycles. The monoisotopic (exact) mass is 408 g/mol. The summed E-state index contributed by atoms with van der Waals surface area (Å²) in [5, 5.41) is 4.58. The third-order valence-electron chi connectivity index (χ3n) is 3.39. The van der Waals surface area contributed by atoms with Crippen LogP contribution in [-0.2, 0) is 14.3 Å². The van der Waals surface area contributed by atoms with Gasteiger partial charge < -0.3 is 15.4 Å². The van der Waals surface area contributed by atoms with E-state index in [0.717, 1.165) is 22.8 Å². The van der Waals surface area contributed by atoms with Gasteiger partial charge in [0.15, 0.2) is 18.2 Å². The van der Waals surface area contributed by atoms with Gasteiger partial charge in [0.2, 0.25) is 5.91 Å². The van der Waals surface area contributed by atoms with Crippen LogP contribution in [0.5, 0.6) is 0 Å². The standard InChI is InChI=1S/C19H18F2N2O4S/c1-2-28-16-6-4-3-5-13(16)19(26)27-11-18(25)22-10-17(24)23-12-7-8-14(20)15(21)9-12/h3-9H,2,10-11H2,1H3,(H,22,25)(H,23,24). The molecule has 2 N–H and O–H groups in total. The number of carbonyl (C=O) groups excluding carboxylic acids is 3. The van der Waals surface area contributed by atoms with Crippen molar-refractivity contribution in [3.05, 3.63) is 59.7 Å². The lowest BCUT2D eigenvalue weighted by Crippen LogP contribution is -2.35. The van der Waals surface area contributed by atoms with Gasteiger partial charge in [0, 0.05) is 16.6 Å². The van der Waals surface area contributed by atoms with Crippen LogP contribution < -0.4 is 10.6 Å². The number of nitrogens with one attached hydrogen (secondary N) is 2. The van der Waals surface area contributed by atoms with Gasteiger partial charge in [-0.15, -0.1) is 11.8 Å². The molecule has 9 heteroatoms. The van der Waals surface area contributed by atoms with Crippen LogP contribution in [0.1, 0.15) is 17.3 Å². The quantitative estimate of drug-likeness (QED) is 0.518. The Kier molecular flexibility index (Phi) is 7.94. The second kappa shape index (κ2) is 10.4. The lowest BCUT2D eigenvalue weighted by Gasteiger charge is -2.09. The lowest BCUT2D eigenvalue weighted by molar-refractivity contribution is -0.126. The van der Waals surface area contributed by atoms with Gasteiger partial charge in [-0.05, 0) is 30.0 Å². The van der Waals surface area contributed by atoms with Crippen LogP contribution in [0.4, 0.5) is 14.5 Å². The van der Waals surface area contributed by atoms with Gasteiger partial charge in [0.25, 0.3) is 5.91 Å². The van der Waals surface area contributed by atoms with Crippen molar-refractivity contribution in [3.63, 3.8) is 0 Å². The first-order valence-electron chi connectivity index (χ1n) is 8.31. The number of carbonyl (C=O) groups is 3. The molecular formula is C19H18F2N2O4S. The molecule has 0 atom stereocenters. The highest BCUT2D eigenvalue weighted by molar-refractivity contribution is 7.99. The van der Waals surface area contributed by atoms with Crippen molar-refractivity contribution in [3.8, 4) is 0 Å². The predicted octanol–water partition coefficient (Wildman–Crippen LogP) is 2.99. The van der Waals surface area contributed by atoms with E-state index in [9.17, 15) is 23.2 Å². The Hall–Kier alpha value is -2.94. The summed E-state index contributed by atoms with van der Waals surface area (Å²) >= 11 is 1.48. The molecule has 2 rings (SSSR count). The average Bonchev–Trinajstić information content (AvgIpc) is 2.68. The molecule has 2 aromatic rings. The van der Waals surface area contributed by atoms with Gasteiger partial charge >= 0.3 is 5.97 Å². The second-order valence-corrected chi connectivity index (χ2v) is 6.76. The molecule has 28 heavy (non-hydrogen) atoms. The fraction of sp³-hybridized carbons (Fsp3) is 0.211. The normalized spacial score (nSPS) is 10.2. The number of benzene rings is 2. The van der Waals surface area contributed by atoms with Crippen LogP contribution in [0.3, 0.4) is 0 Å². The first-order chi connectivity index (χ1) is 13.4. The molecule has 0 spiro atoms. The van der Waals surface area contributed by atoms with Gasteiger partial charge in [-0.1, -0.05) is 19.1 Å². The third kappa shape index (κ3) is 6.34. The van der Waals surface area contributed by atoms with Gasteiger partial charge in [0.05, 0.1) is 12.1 Å². The second-order valence-electron chi connectivity index (χ2n) is 5.46. The highest BCUT2D eigenvalue weighted by atomic mass is 32.2. The van der Waals surface area contributed by atoms with E-state index in [1.807, 2.05) is 6.92 Å². The summed E-state index contributed by atoms with van der Waals surface area (Å²) in [5.74, 6) is -3.32. The average molecular weight is 408 g/mol. The number of esters is 1. The van der Waals surface area contributed by atoms with E-state index < -0.39 is 42.6 Å². The number of halogens is 2. The van der Waals surface area contributed by atoms with Crippen LogP contribution >= 0.6 is 11.8 Å². The molecule has 0 heterocycles. The Morgan fingerprint density at radius 1 is 1.04 bits per heavy atom. The maximum absolute atomic E-state index is 13.1. The van der Waals surface area contributed by atoms with E-state index in [1.165, 1.54) is 17.8 Å². The molecule has 2 aromatic carbocycles. The molecular weight excluding hydrogens is 390 g/mol. The first kappa shape index (κ1) is 21.4. The predicted molar refractivity (Wildman–Crippen MR) is 101 cm³/mol. The number of thioether (sulfide) groups is 1. The van der Waals surface area contributed by atoms with Crippen LogP contribution in [0, 0.1) is 11.6 Å². The summed E-state index contributed by atoms with van der Waals surface area (Å²) in [6, 6.07) is 9.76. The Morgan fingerprint density at radius 2 is 1.79 bits per heavy atom. The molecule has 0 aliphatic rings. The largest absolute Gasteiger partial charge is 0.452 e. The number of ether oxygens (including phenoxy) is 1. The van der Waals surface area contributed by atoms with Crippen molar-refractivity contribution in [1.82, 2.24) is 5.32 Å². The van der Waals surface area contributed by atoms with Crippen molar-refractivity contribution in [1.29, 1.82) is 0 Å².